The summed E-state index contributed by atoms with van der Waals surface area (Å²) in [4.78, 5) is 34.7. The number of nitrogens with one attached hydrogen (secondary N) is 1. The van der Waals surface area contributed by atoms with Crippen molar-refractivity contribution in [2.45, 2.75) is 0 Å². The number of carbonyl (C=O) groups is 3. The van der Waals surface area contributed by atoms with Gasteiger partial charge in [-0.05, 0) is 18.2 Å². The van der Waals surface area contributed by atoms with Crippen molar-refractivity contribution in [2.24, 2.45) is 5.73 Å². The van der Waals surface area contributed by atoms with Crippen molar-refractivity contribution in [3.63, 3.8) is 0 Å². The van der Waals surface area contributed by atoms with Gasteiger partial charge in [0.05, 0.1) is 12.2 Å². The Morgan fingerprint density at radius 2 is 2.12 bits per heavy atom. The Bertz CT molecular complexity index is 468. The van der Waals surface area contributed by atoms with Crippen LogP contribution in [0.5, 0.6) is 0 Å². The van der Waals surface area contributed by atoms with Crippen LogP contribution in [-0.2, 0) is 4.79 Å². The fourth-order valence-electron chi connectivity index (χ4n) is 1.48. The summed E-state index contributed by atoms with van der Waals surface area (Å²) in [7, 11) is 0. The van der Waals surface area contributed by atoms with Gasteiger partial charge in [-0.15, -0.1) is 0 Å². The molecule has 6 nitrogen and oxygen atoms in total. The molecule has 0 radical (unpaired) electrons. The number of nitrogens with zero attached hydrogens (tertiary/aromatic N) is 1. The molecule has 0 aliphatic carbocycles. The van der Waals surface area contributed by atoms with E-state index in [1.165, 1.54) is 12.1 Å². The van der Waals surface area contributed by atoms with Crippen LogP contribution in [0, 0.1) is 0 Å². The molecular weight excluding hydrogens is 210 g/mol. The van der Waals surface area contributed by atoms with Crippen LogP contribution in [0.1, 0.15) is 10.4 Å². The standard InChI is InChI=1S/C10H9N3O3/c11-9(15)6-2-1-3-7(4-6)13-8(14)5-12-10(13)16/h1-4H,5H2,(H2,11,15)(H,12,16). The first-order valence-corrected chi connectivity index (χ1v) is 4.60. The molecule has 1 saturated heterocycles. The molecule has 0 unspecified atom stereocenters. The van der Waals surface area contributed by atoms with Gasteiger partial charge in [0.25, 0.3) is 5.91 Å². The number of primary amides is 1. The Morgan fingerprint density at radius 1 is 1.38 bits per heavy atom. The number of rotatable bonds is 2. The normalized spacial score (nSPS) is 15.1. The zero-order valence-corrected chi connectivity index (χ0v) is 8.27. The second kappa shape index (κ2) is 3.65. The average Bonchev–Trinajstić information content (AvgIpc) is 2.59. The topological polar surface area (TPSA) is 92.5 Å². The number of hydrogen-bond acceptors (Lipinski definition) is 3. The highest BCUT2D eigenvalue weighted by molar-refractivity contribution is 6.20. The summed E-state index contributed by atoms with van der Waals surface area (Å²) in [6.07, 6.45) is 0. The van der Waals surface area contributed by atoms with E-state index in [-0.39, 0.29) is 18.0 Å². The van der Waals surface area contributed by atoms with Crippen molar-refractivity contribution >= 4 is 23.5 Å². The zero-order valence-electron chi connectivity index (χ0n) is 8.27. The van der Waals surface area contributed by atoms with Gasteiger partial charge in [-0.3, -0.25) is 9.59 Å². The van der Waals surface area contributed by atoms with E-state index in [1.807, 2.05) is 0 Å². The maximum atomic E-state index is 11.4. The molecule has 6 heteroatoms. The molecule has 2 rings (SSSR count). The van der Waals surface area contributed by atoms with Crippen molar-refractivity contribution in [3.05, 3.63) is 29.8 Å². The summed E-state index contributed by atoms with van der Waals surface area (Å²) < 4.78 is 0. The molecule has 0 atom stereocenters. The fourth-order valence-corrected chi connectivity index (χ4v) is 1.48. The molecule has 0 saturated carbocycles. The smallest absolute Gasteiger partial charge is 0.329 e. The van der Waals surface area contributed by atoms with E-state index in [0.717, 1.165) is 4.90 Å². The van der Waals surface area contributed by atoms with E-state index in [0.29, 0.717) is 5.69 Å². The Morgan fingerprint density at radius 3 is 2.69 bits per heavy atom. The number of amides is 4. The Kier molecular flexibility index (Phi) is 2.32. The summed E-state index contributed by atoms with van der Waals surface area (Å²) in [5, 5.41) is 2.39. The predicted molar refractivity (Wildman–Crippen MR) is 55.8 cm³/mol. The molecule has 16 heavy (non-hydrogen) atoms. The fraction of sp³-hybridized carbons (Fsp3) is 0.100. The first-order valence-electron chi connectivity index (χ1n) is 4.60. The van der Waals surface area contributed by atoms with E-state index < -0.39 is 11.9 Å². The highest BCUT2D eigenvalue weighted by atomic mass is 16.2. The zero-order chi connectivity index (χ0) is 11.7. The van der Waals surface area contributed by atoms with Crippen LogP contribution in [0.3, 0.4) is 0 Å². The van der Waals surface area contributed by atoms with E-state index >= 15 is 0 Å². The summed E-state index contributed by atoms with van der Waals surface area (Å²) >= 11 is 0. The van der Waals surface area contributed by atoms with Crippen LogP contribution in [0.15, 0.2) is 24.3 Å². The van der Waals surface area contributed by atoms with Crippen molar-refractivity contribution in [1.82, 2.24) is 5.32 Å². The second-order valence-corrected chi connectivity index (χ2v) is 3.30. The number of anilines is 1. The monoisotopic (exact) mass is 219 g/mol. The third kappa shape index (κ3) is 1.60. The van der Waals surface area contributed by atoms with Crippen LogP contribution in [-0.4, -0.2) is 24.4 Å². The Labute approximate surface area is 91.0 Å². The summed E-state index contributed by atoms with van der Waals surface area (Å²) in [6, 6.07) is 5.56. The van der Waals surface area contributed by atoms with Gasteiger partial charge >= 0.3 is 6.03 Å². The Hall–Kier alpha value is -2.37. The predicted octanol–water partition coefficient (Wildman–Crippen LogP) is -0.158. The van der Waals surface area contributed by atoms with Gasteiger partial charge in [0.2, 0.25) is 5.91 Å². The number of nitrogens with two attached hydrogens (primary N) is 1. The largest absolute Gasteiger partial charge is 0.366 e. The maximum absolute atomic E-state index is 11.4. The highest BCUT2D eigenvalue weighted by Gasteiger charge is 2.30. The molecule has 1 heterocycles. The van der Waals surface area contributed by atoms with Crippen LogP contribution in [0.4, 0.5) is 10.5 Å². The lowest BCUT2D eigenvalue weighted by Crippen LogP contribution is -2.30. The second-order valence-electron chi connectivity index (χ2n) is 3.30. The van der Waals surface area contributed by atoms with Crippen LogP contribution >= 0.6 is 0 Å². The van der Waals surface area contributed by atoms with Gasteiger partial charge in [-0.25, -0.2) is 9.69 Å². The number of hydrogen-bond donors (Lipinski definition) is 2. The lowest BCUT2D eigenvalue weighted by Gasteiger charge is -2.12. The van der Waals surface area contributed by atoms with Gasteiger partial charge < -0.3 is 11.1 Å². The maximum Gasteiger partial charge on any atom is 0.329 e. The van der Waals surface area contributed by atoms with E-state index in [9.17, 15) is 14.4 Å². The molecule has 0 bridgehead atoms. The molecule has 1 aromatic carbocycles. The first-order chi connectivity index (χ1) is 7.59. The first kappa shape index (κ1) is 10.2. The van der Waals surface area contributed by atoms with Gasteiger partial charge in [0, 0.05) is 5.56 Å². The molecule has 82 valence electrons. The van der Waals surface area contributed by atoms with Crippen molar-refractivity contribution in [1.29, 1.82) is 0 Å². The number of carbonyl (C=O) groups excluding carboxylic acids is 3. The molecule has 3 N–H and O–H groups in total. The molecular formula is C10H9N3O3. The number of urea groups is 1. The molecule has 1 fully saturated rings. The quantitative estimate of drug-likeness (QED) is 0.677. The summed E-state index contributed by atoms with van der Waals surface area (Å²) in [5.74, 6) is -0.958. The minimum Gasteiger partial charge on any atom is -0.366 e. The summed E-state index contributed by atoms with van der Waals surface area (Å²) in [5.41, 5.74) is 5.71. The van der Waals surface area contributed by atoms with Gasteiger partial charge in [-0.2, -0.15) is 0 Å². The number of benzene rings is 1. The molecule has 0 aromatic heterocycles. The van der Waals surface area contributed by atoms with Gasteiger partial charge in [-0.1, -0.05) is 6.07 Å². The van der Waals surface area contributed by atoms with Crippen LogP contribution < -0.4 is 16.0 Å². The Balaban J connectivity index is 2.40. The van der Waals surface area contributed by atoms with Crippen LogP contribution in [0.2, 0.25) is 0 Å². The highest BCUT2D eigenvalue weighted by Crippen LogP contribution is 2.18. The number of imide groups is 1. The van der Waals surface area contributed by atoms with Crippen molar-refractivity contribution < 1.29 is 14.4 Å². The minimum atomic E-state index is -0.603. The SMILES string of the molecule is NC(=O)c1cccc(N2C(=O)CNC2=O)c1. The lowest BCUT2D eigenvalue weighted by atomic mass is 10.2. The molecule has 1 aliphatic rings. The third-order valence-corrected chi connectivity index (χ3v) is 2.23. The average molecular weight is 219 g/mol. The van der Waals surface area contributed by atoms with Gasteiger partial charge in [0.1, 0.15) is 0 Å². The molecule has 4 amide bonds. The third-order valence-electron chi connectivity index (χ3n) is 2.23. The minimum absolute atomic E-state index is 0.0281. The van der Waals surface area contributed by atoms with Crippen molar-refractivity contribution in [3.8, 4) is 0 Å². The van der Waals surface area contributed by atoms with E-state index in [2.05, 4.69) is 5.32 Å². The molecule has 1 aliphatic heterocycles. The van der Waals surface area contributed by atoms with Gasteiger partial charge in [0.15, 0.2) is 0 Å². The van der Waals surface area contributed by atoms with E-state index in [4.69, 9.17) is 5.73 Å². The molecule has 1 aromatic rings. The lowest BCUT2D eigenvalue weighted by molar-refractivity contribution is -0.115. The van der Waals surface area contributed by atoms with Crippen LogP contribution in [0.25, 0.3) is 0 Å². The summed E-state index contributed by atoms with van der Waals surface area (Å²) in [6.45, 7) is -0.0281. The molecule has 0 spiro atoms. The van der Waals surface area contributed by atoms with Crippen molar-refractivity contribution in [2.75, 3.05) is 11.4 Å². The van der Waals surface area contributed by atoms with E-state index in [1.54, 1.807) is 12.1 Å².